The highest BCUT2D eigenvalue weighted by molar-refractivity contribution is 7.13. The van der Waals surface area contributed by atoms with Crippen LogP contribution in [0, 0.1) is 12.3 Å². The molecule has 8 rings (SSSR count). The Morgan fingerprint density at radius 1 is 0.985 bits per heavy atom. The van der Waals surface area contributed by atoms with Crippen molar-refractivity contribution in [1.29, 1.82) is 0 Å². The number of ether oxygens (including phenoxy) is 2. The van der Waals surface area contributed by atoms with E-state index in [0.717, 1.165) is 58.3 Å². The lowest BCUT2D eigenvalue weighted by molar-refractivity contribution is -0.144. The van der Waals surface area contributed by atoms with Crippen molar-refractivity contribution in [2.24, 2.45) is 5.41 Å². The number of carbonyl (C=O) groups is 4. The number of amides is 4. The average molecular weight is 933 g/mol. The summed E-state index contributed by atoms with van der Waals surface area (Å²) in [4.78, 5) is 72.9. The lowest BCUT2D eigenvalue weighted by atomic mass is 9.85. The number of hydrogen-bond donors (Lipinski definition) is 4. The third-order valence-corrected chi connectivity index (χ3v) is 13.7. The summed E-state index contributed by atoms with van der Waals surface area (Å²) in [6.07, 6.45) is 10.1. The highest BCUT2D eigenvalue weighted by Gasteiger charge is 2.42. The Labute approximate surface area is 394 Å². The van der Waals surface area contributed by atoms with Gasteiger partial charge >= 0.3 is 0 Å². The highest BCUT2D eigenvalue weighted by atomic mass is 32.1. The number of aromatic nitrogens is 6. The van der Waals surface area contributed by atoms with Crippen molar-refractivity contribution >= 4 is 52.4 Å². The van der Waals surface area contributed by atoms with Crippen molar-refractivity contribution in [2.45, 2.75) is 110 Å². The number of anilines is 3. The average Bonchev–Trinajstić information content (AvgIpc) is 4.18. The van der Waals surface area contributed by atoms with Crippen molar-refractivity contribution in [3.8, 4) is 21.9 Å². The van der Waals surface area contributed by atoms with Crippen LogP contribution in [0.25, 0.3) is 16.1 Å². The molecule has 2 aliphatic heterocycles. The largest absolute Gasteiger partial charge is 0.495 e. The van der Waals surface area contributed by atoms with Gasteiger partial charge in [0.1, 0.15) is 36.5 Å². The smallest absolute Gasteiger partial charge is 0.251 e. The fourth-order valence-corrected chi connectivity index (χ4v) is 10.1. The molecule has 354 valence electrons. The molecule has 3 aliphatic rings. The number of hydrogen-bond acceptors (Lipinski definition) is 14. The van der Waals surface area contributed by atoms with Crippen LogP contribution in [0.15, 0.2) is 60.5 Å². The fourth-order valence-electron chi connectivity index (χ4n) is 9.24. The van der Waals surface area contributed by atoms with Crippen LogP contribution in [-0.4, -0.2) is 110 Å². The van der Waals surface area contributed by atoms with Crippen molar-refractivity contribution in [2.75, 3.05) is 43.6 Å². The predicted octanol–water partition coefficient (Wildman–Crippen LogP) is 6.04. The number of rotatable bonds is 17. The summed E-state index contributed by atoms with van der Waals surface area (Å²) in [5.74, 6) is 1.16. The molecule has 3 aromatic heterocycles. The molecule has 4 N–H and O–H groups in total. The van der Waals surface area contributed by atoms with Gasteiger partial charge < -0.3 is 40.5 Å². The van der Waals surface area contributed by atoms with Gasteiger partial charge in [-0.2, -0.15) is 4.98 Å². The van der Waals surface area contributed by atoms with Gasteiger partial charge in [-0.1, -0.05) is 64.8 Å². The number of methoxy groups -OCH3 is 1. The predicted molar refractivity (Wildman–Crippen MR) is 254 cm³/mol. The summed E-state index contributed by atoms with van der Waals surface area (Å²) in [6, 6.07) is 11.9. The number of benzene rings is 2. The quantitative estimate of drug-likeness (QED) is 0.0785. The van der Waals surface area contributed by atoms with Gasteiger partial charge in [0.15, 0.2) is 11.6 Å². The zero-order valence-electron chi connectivity index (χ0n) is 39.0. The van der Waals surface area contributed by atoms with Crippen LogP contribution >= 0.6 is 11.3 Å². The SMILES string of the molecule is CC[C@@H]1c2nncn2-c2cnc(Nc3ccc(C(=O)NCCOCC(=O)N[C@H](C(=O)N4CCC[C@H]4C(=O)NCc4ccc(-c5scnc5C)cc4)C(C)(C)C)cc3OC)nc2N1C1CCCC1. The van der Waals surface area contributed by atoms with E-state index in [4.69, 9.17) is 14.5 Å². The Hall–Kier alpha value is -6.47. The summed E-state index contributed by atoms with van der Waals surface area (Å²) in [6.45, 7) is 10.3. The molecule has 0 unspecified atom stereocenters. The molecule has 67 heavy (non-hydrogen) atoms. The van der Waals surface area contributed by atoms with E-state index in [1.54, 1.807) is 47.0 Å². The van der Waals surface area contributed by atoms with E-state index in [2.05, 4.69) is 53.3 Å². The molecule has 2 fully saturated rings. The molecule has 4 amide bonds. The molecule has 1 saturated heterocycles. The van der Waals surface area contributed by atoms with Gasteiger partial charge in [-0.3, -0.25) is 23.7 Å². The van der Waals surface area contributed by atoms with Crippen LogP contribution in [0.2, 0.25) is 0 Å². The van der Waals surface area contributed by atoms with E-state index in [1.807, 2.05) is 62.0 Å². The molecular weight excluding hydrogens is 873 g/mol. The normalized spacial score (nSPS) is 17.4. The van der Waals surface area contributed by atoms with Crippen molar-refractivity contribution in [1.82, 2.24) is 50.6 Å². The Bertz CT molecular complexity index is 2570. The van der Waals surface area contributed by atoms with E-state index in [1.165, 1.54) is 20.0 Å². The first-order chi connectivity index (χ1) is 32.3. The summed E-state index contributed by atoms with van der Waals surface area (Å²) in [5.41, 5.74) is 5.96. The second-order valence-electron chi connectivity index (χ2n) is 18.3. The fraction of sp³-hybridized carbons (Fsp3) is 0.479. The second kappa shape index (κ2) is 20.6. The topological polar surface area (TPSA) is 211 Å². The Kier molecular flexibility index (Phi) is 14.5. The number of thiazole rings is 1. The molecule has 1 aliphatic carbocycles. The minimum absolute atomic E-state index is 0.0455. The maximum atomic E-state index is 14.0. The van der Waals surface area contributed by atoms with Gasteiger partial charge in [-0.25, -0.2) is 9.97 Å². The van der Waals surface area contributed by atoms with Gasteiger partial charge in [0.25, 0.3) is 5.91 Å². The first-order valence-corrected chi connectivity index (χ1v) is 24.0. The molecule has 0 spiro atoms. The third kappa shape index (κ3) is 10.4. The first kappa shape index (κ1) is 47.0. The Balaban J connectivity index is 0.808. The number of nitrogens with zero attached hydrogens (tertiary/aromatic N) is 8. The van der Waals surface area contributed by atoms with Crippen LogP contribution in [0.3, 0.4) is 0 Å². The van der Waals surface area contributed by atoms with Crippen LogP contribution in [0.5, 0.6) is 5.75 Å². The molecular formula is C48H60N12O6S. The lowest BCUT2D eigenvalue weighted by Crippen LogP contribution is -2.58. The second-order valence-corrected chi connectivity index (χ2v) is 19.2. The van der Waals surface area contributed by atoms with Crippen LogP contribution in [0.4, 0.5) is 17.5 Å². The molecule has 3 atom stereocenters. The van der Waals surface area contributed by atoms with Crippen molar-refractivity contribution in [3.05, 3.63) is 83.1 Å². The first-order valence-electron chi connectivity index (χ1n) is 23.1. The van der Waals surface area contributed by atoms with Crippen molar-refractivity contribution in [3.63, 3.8) is 0 Å². The zero-order chi connectivity index (χ0) is 47.2. The van der Waals surface area contributed by atoms with Crippen LogP contribution in [-0.2, 0) is 25.7 Å². The number of fused-ring (bicyclic) bond motifs is 3. The minimum atomic E-state index is -0.895. The van der Waals surface area contributed by atoms with E-state index < -0.39 is 23.4 Å². The minimum Gasteiger partial charge on any atom is -0.495 e. The van der Waals surface area contributed by atoms with E-state index >= 15 is 0 Å². The molecule has 2 aromatic carbocycles. The molecule has 18 nitrogen and oxygen atoms in total. The van der Waals surface area contributed by atoms with Gasteiger partial charge in [-0.05, 0) is 73.8 Å². The molecule has 5 aromatic rings. The maximum absolute atomic E-state index is 14.0. The van der Waals surface area contributed by atoms with E-state index in [0.29, 0.717) is 54.9 Å². The molecule has 5 heterocycles. The Morgan fingerprint density at radius 3 is 2.49 bits per heavy atom. The number of aryl methyl sites for hydroxylation is 1. The third-order valence-electron chi connectivity index (χ3n) is 12.7. The number of carbonyl (C=O) groups excluding carboxylic acids is 4. The van der Waals surface area contributed by atoms with Gasteiger partial charge in [0, 0.05) is 31.2 Å². The highest BCUT2D eigenvalue weighted by Crippen LogP contribution is 2.43. The molecule has 19 heteroatoms. The monoisotopic (exact) mass is 932 g/mol. The summed E-state index contributed by atoms with van der Waals surface area (Å²) in [5, 5.41) is 20.7. The summed E-state index contributed by atoms with van der Waals surface area (Å²) < 4.78 is 13.3. The lowest BCUT2D eigenvalue weighted by Gasteiger charge is -2.40. The molecule has 0 radical (unpaired) electrons. The number of nitrogens with one attached hydrogen (secondary N) is 4. The Morgan fingerprint density at radius 2 is 1.78 bits per heavy atom. The van der Waals surface area contributed by atoms with E-state index in [-0.39, 0.29) is 43.5 Å². The molecule has 1 saturated carbocycles. The summed E-state index contributed by atoms with van der Waals surface area (Å²) in [7, 11) is 1.53. The maximum Gasteiger partial charge on any atom is 0.251 e. The zero-order valence-corrected chi connectivity index (χ0v) is 39.8. The van der Waals surface area contributed by atoms with E-state index in [9.17, 15) is 19.2 Å². The van der Waals surface area contributed by atoms with Gasteiger partial charge in [0.05, 0.1) is 47.7 Å². The van der Waals surface area contributed by atoms with Crippen molar-refractivity contribution < 1.29 is 28.7 Å². The summed E-state index contributed by atoms with van der Waals surface area (Å²) >= 11 is 1.59. The van der Waals surface area contributed by atoms with Gasteiger partial charge in [-0.15, -0.1) is 21.5 Å². The number of likely N-dealkylation sites (tertiary alicyclic amines) is 1. The molecule has 0 bridgehead atoms. The standard InChI is InChI=1S/C48H60N12O6S/c1-7-35-43-57-53-27-59(43)37-25-51-47(56-42(37)60(35)33-11-8-9-12-33)54-34-19-18-32(23-38(34)65-6)44(62)49-20-22-66-26-39(61)55-41(48(3,4)5)46(64)58-21-10-13-36(58)45(63)50-24-30-14-16-31(17-15-30)40-29(2)52-28-67-40/h14-19,23,25,27-28,33,35-36,41H,7-13,20-22,24,26H2,1-6H3,(H,49,62)(H,50,63)(H,55,61)(H,51,54,56)/t35-,36+,41-/m1/s1. The van der Waals surface area contributed by atoms with Crippen LogP contribution < -0.4 is 30.9 Å². The van der Waals surface area contributed by atoms with Gasteiger partial charge in [0.2, 0.25) is 23.7 Å². The van der Waals surface area contributed by atoms with Crippen LogP contribution in [0.1, 0.15) is 106 Å².